The van der Waals surface area contributed by atoms with Crippen LogP contribution in [0.5, 0.6) is 0 Å². The van der Waals surface area contributed by atoms with Gasteiger partial charge in [0.25, 0.3) is 0 Å². The molecule has 0 bridgehead atoms. The topological polar surface area (TPSA) is 55.0 Å². The number of aromatic amines is 1. The zero-order chi connectivity index (χ0) is 14.1. The highest BCUT2D eigenvalue weighted by atomic mass is 32.2. The molecule has 2 aromatic heterocycles. The van der Waals surface area contributed by atoms with Crippen LogP contribution in [0.2, 0.25) is 0 Å². The molecule has 0 saturated heterocycles. The maximum atomic E-state index is 12.5. The first-order valence-electron chi connectivity index (χ1n) is 6.20. The molecule has 0 amide bonds. The SMILES string of the molecule is CN(C)c1ccccc1C[S+]([O-])c1nc2cscc2[nH]1. The van der Waals surface area contributed by atoms with Crippen LogP contribution in [0.1, 0.15) is 5.56 Å². The Bertz CT molecular complexity index is 691. The van der Waals surface area contributed by atoms with Gasteiger partial charge in [-0.2, -0.15) is 4.98 Å². The molecule has 0 aliphatic carbocycles. The molecule has 1 atom stereocenters. The lowest BCUT2D eigenvalue weighted by atomic mass is 10.2. The normalized spacial score (nSPS) is 12.8. The fraction of sp³-hybridized carbons (Fsp3) is 0.214. The molecule has 4 nitrogen and oxygen atoms in total. The predicted molar refractivity (Wildman–Crippen MR) is 84.9 cm³/mol. The summed E-state index contributed by atoms with van der Waals surface area (Å²) in [5.74, 6) is 0.466. The van der Waals surface area contributed by atoms with Crippen LogP contribution < -0.4 is 4.90 Å². The largest absolute Gasteiger partial charge is 0.609 e. The van der Waals surface area contributed by atoms with Gasteiger partial charge in [0.15, 0.2) is 0 Å². The number of thiophene rings is 1. The van der Waals surface area contributed by atoms with Crippen LogP contribution in [0.3, 0.4) is 0 Å². The van der Waals surface area contributed by atoms with Gasteiger partial charge in [-0.3, -0.25) is 4.98 Å². The molecule has 0 radical (unpaired) electrons. The second-order valence-electron chi connectivity index (χ2n) is 4.73. The number of anilines is 1. The summed E-state index contributed by atoms with van der Waals surface area (Å²) in [5.41, 5.74) is 4.00. The van der Waals surface area contributed by atoms with E-state index in [9.17, 15) is 4.55 Å². The van der Waals surface area contributed by atoms with Crippen LogP contribution in [0.15, 0.2) is 40.2 Å². The van der Waals surface area contributed by atoms with Gasteiger partial charge in [-0.25, -0.2) is 0 Å². The molecule has 2 heterocycles. The van der Waals surface area contributed by atoms with Crippen molar-refractivity contribution >= 4 is 39.2 Å². The monoisotopic (exact) mass is 305 g/mol. The highest BCUT2D eigenvalue weighted by Gasteiger charge is 2.19. The average molecular weight is 305 g/mol. The Hall–Kier alpha value is -1.50. The molecule has 104 valence electrons. The molecule has 0 saturated carbocycles. The summed E-state index contributed by atoms with van der Waals surface area (Å²) in [5, 5.41) is 4.49. The third-order valence-electron chi connectivity index (χ3n) is 3.08. The molecule has 3 aromatic rings. The number of para-hydroxylation sites is 1. The van der Waals surface area contributed by atoms with E-state index in [1.807, 2.05) is 54.0 Å². The highest BCUT2D eigenvalue weighted by molar-refractivity contribution is 7.90. The smallest absolute Gasteiger partial charge is 0.321 e. The Balaban J connectivity index is 1.85. The first kappa shape index (κ1) is 13.5. The Kier molecular flexibility index (Phi) is 3.69. The van der Waals surface area contributed by atoms with Gasteiger partial charge in [0.1, 0.15) is 11.3 Å². The number of hydrogen-bond acceptors (Lipinski definition) is 4. The van der Waals surface area contributed by atoms with E-state index in [0.29, 0.717) is 10.9 Å². The van der Waals surface area contributed by atoms with E-state index in [0.717, 1.165) is 22.3 Å². The lowest BCUT2D eigenvalue weighted by Crippen LogP contribution is -2.14. The molecular formula is C14H15N3OS2. The molecule has 0 fully saturated rings. The van der Waals surface area contributed by atoms with Crippen molar-refractivity contribution in [2.45, 2.75) is 10.9 Å². The minimum Gasteiger partial charge on any atom is -0.609 e. The van der Waals surface area contributed by atoms with Gasteiger partial charge in [-0.05, 0) is 6.07 Å². The molecule has 20 heavy (non-hydrogen) atoms. The standard InChI is InChI=1S/C14H15N3OS2/c1-17(2)13-6-4-3-5-10(13)9-20(18)14-15-11-7-19-8-12(11)16-14/h3-8H,9H2,1-2H3,(H,15,16). The van der Waals surface area contributed by atoms with Gasteiger partial charge in [0, 0.05) is 47.3 Å². The van der Waals surface area contributed by atoms with Crippen LogP contribution in [-0.4, -0.2) is 28.6 Å². The fourth-order valence-electron chi connectivity index (χ4n) is 2.11. The lowest BCUT2D eigenvalue weighted by Gasteiger charge is -2.17. The van der Waals surface area contributed by atoms with E-state index in [1.54, 1.807) is 11.3 Å². The zero-order valence-electron chi connectivity index (χ0n) is 11.3. The Morgan fingerprint density at radius 3 is 2.85 bits per heavy atom. The summed E-state index contributed by atoms with van der Waals surface area (Å²) < 4.78 is 12.5. The number of fused-ring (bicyclic) bond motifs is 1. The van der Waals surface area contributed by atoms with Crippen molar-refractivity contribution in [3.8, 4) is 0 Å². The lowest BCUT2D eigenvalue weighted by molar-refractivity contribution is 0.587. The van der Waals surface area contributed by atoms with Crippen LogP contribution >= 0.6 is 11.3 Å². The molecule has 1 unspecified atom stereocenters. The maximum Gasteiger partial charge on any atom is 0.321 e. The fourth-order valence-corrected chi connectivity index (χ4v) is 3.89. The molecule has 6 heteroatoms. The first-order chi connectivity index (χ1) is 9.65. The van der Waals surface area contributed by atoms with Gasteiger partial charge in [-0.1, -0.05) is 18.2 Å². The highest BCUT2D eigenvalue weighted by Crippen LogP contribution is 2.24. The summed E-state index contributed by atoms with van der Waals surface area (Å²) in [7, 11) is 3.98. The molecule has 1 N–H and O–H groups in total. The number of hydrogen-bond donors (Lipinski definition) is 1. The van der Waals surface area contributed by atoms with Crippen molar-refractivity contribution in [1.29, 1.82) is 0 Å². The van der Waals surface area contributed by atoms with E-state index in [-0.39, 0.29) is 0 Å². The third kappa shape index (κ3) is 2.54. The van der Waals surface area contributed by atoms with Crippen molar-refractivity contribution in [2.24, 2.45) is 0 Å². The molecule has 0 spiro atoms. The number of rotatable bonds is 4. The summed E-state index contributed by atoms with van der Waals surface area (Å²) in [4.78, 5) is 9.55. The summed E-state index contributed by atoms with van der Waals surface area (Å²) in [6.45, 7) is 0. The third-order valence-corrected chi connectivity index (χ3v) is 5.01. The summed E-state index contributed by atoms with van der Waals surface area (Å²) >= 11 is 0.430. The average Bonchev–Trinajstić information content (AvgIpc) is 2.99. The predicted octanol–water partition coefficient (Wildman–Crippen LogP) is 3.00. The van der Waals surface area contributed by atoms with E-state index < -0.39 is 11.2 Å². The number of benzene rings is 1. The minimum atomic E-state index is -1.16. The zero-order valence-corrected chi connectivity index (χ0v) is 12.9. The van der Waals surface area contributed by atoms with Crippen molar-refractivity contribution in [2.75, 3.05) is 19.0 Å². The van der Waals surface area contributed by atoms with Crippen molar-refractivity contribution in [1.82, 2.24) is 9.97 Å². The molecule has 1 aromatic carbocycles. The first-order valence-corrected chi connectivity index (χ1v) is 8.47. The number of aromatic nitrogens is 2. The number of H-pyrrole nitrogens is 1. The van der Waals surface area contributed by atoms with Gasteiger partial charge in [0.05, 0.1) is 5.52 Å². The van der Waals surface area contributed by atoms with Gasteiger partial charge in [0.2, 0.25) is 0 Å². The van der Waals surface area contributed by atoms with Gasteiger partial charge in [-0.15, -0.1) is 11.3 Å². The Morgan fingerprint density at radius 1 is 1.30 bits per heavy atom. The van der Waals surface area contributed by atoms with E-state index in [4.69, 9.17) is 0 Å². The van der Waals surface area contributed by atoms with Crippen molar-refractivity contribution in [3.05, 3.63) is 40.6 Å². The van der Waals surface area contributed by atoms with Crippen LogP contribution in [0.4, 0.5) is 5.69 Å². The quantitative estimate of drug-likeness (QED) is 0.754. The summed E-state index contributed by atoms with van der Waals surface area (Å²) in [6.07, 6.45) is 0. The van der Waals surface area contributed by atoms with Crippen LogP contribution in [-0.2, 0) is 16.9 Å². The van der Waals surface area contributed by atoms with E-state index in [2.05, 4.69) is 9.97 Å². The van der Waals surface area contributed by atoms with Crippen molar-refractivity contribution < 1.29 is 4.55 Å². The Labute approximate surface area is 124 Å². The number of nitrogens with one attached hydrogen (secondary N) is 1. The van der Waals surface area contributed by atoms with Gasteiger partial charge < -0.3 is 9.45 Å². The van der Waals surface area contributed by atoms with E-state index in [1.165, 1.54) is 0 Å². The van der Waals surface area contributed by atoms with Crippen LogP contribution in [0.25, 0.3) is 11.0 Å². The van der Waals surface area contributed by atoms with Crippen molar-refractivity contribution in [3.63, 3.8) is 0 Å². The maximum absolute atomic E-state index is 12.5. The minimum absolute atomic E-state index is 0.466. The van der Waals surface area contributed by atoms with E-state index >= 15 is 0 Å². The number of imidazole rings is 1. The second-order valence-corrected chi connectivity index (χ2v) is 6.84. The van der Waals surface area contributed by atoms with Gasteiger partial charge >= 0.3 is 5.16 Å². The molecular weight excluding hydrogens is 290 g/mol. The second kappa shape index (κ2) is 5.47. The molecule has 3 rings (SSSR count). The summed E-state index contributed by atoms with van der Waals surface area (Å²) in [6, 6.07) is 8.01. The number of nitrogens with zero attached hydrogens (tertiary/aromatic N) is 2. The Morgan fingerprint density at radius 2 is 2.10 bits per heavy atom. The molecule has 0 aliphatic heterocycles. The molecule has 0 aliphatic rings. The van der Waals surface area contributed by atoms with Crippen LogP contribution in [0, 0.1) is 0 Å².